The van der Waals surface area contributed by atoms with E-state index in [0.717, 1.165) is 22.6 Å². The standard InChI is InChI=1S/C30H30N2O6/c1-20-25(32-29(38-20)22-8-4-3-5-9-22)16-17-37-24-14-12-21(13-15-24)18-26(30(34)35)31-28(33)19-23-10-6-7-11-27(23)36-2/h3-15,26H,16-19H2,1-2H3,(H,31,33)(H,34,35)/t26-/m0/s1. The zero-order valence-electron chi connectivity index (χ0n) is 21.3. The number of aromatic nitrogens is 1. The fourth-order valence-electron chi connectivity index (χ4n) is 4.05. The number of oxazole rings is 1. The number of methoxy groups -OCH3 is 1. The number of carbonyl (C=O) groups is 2. The van der Waals surface area contributed by atoms with Crippen LogP contribution < -0.4 is 14.8 Å². The summed E-state index contributed by atoms with van der Waals surface area (Å²) < 4.78 is 16.9. The number of carboxylic acids is 1. The predicted molar refractivity (Wildman–Crippen MR) is 142 cm³/mol. The Morgan fingerprint density at radius 1 is 1.00 bits per heavy atom. The van der Waals surface area contributed by atoms with Crippen LogP contribution in [0, 0.1) is 6.92 Å². The molecule has 1 heterocycles. The van der Waals surface area contributed by atoms with Gasteiger partial charge in [-0.05, 0) is 42.8 Å². The Hall–Kier alpha value is -4.59. The van der Waals surface area contributed by atoms with Crippen LogP contribution in [0.3, 0.4) is 0 Å². The van der Waals surface area contributed by atoms with Crippen molar-refractivity contribution in [2.45, 2.75) is 32.2 Å². The molecule has 0 aliphatic rings. The smallest absolute Gasteiger partial charge is 0.326 e. The van der Waals surface area contributed by atoms with E-state index in [1.54, 1.807) is 42.5 Å². The van der Waals surface area contributed by atoms with Gasteiger partial charge in [0.15, 0.2) is 0 Å². The van der Waals surface area contributed by atoms with E-state index in [2.05, 4.69) is 10.3 Å². The molecule has 196 valence electrons. The fraction of sp³-hybridized carbons (Fsp3) is 0.233. The van der Waals surface area contributed by atoms with Crippen LogP contribution in [0.25, 0.3) is 11.5 Å². The van der Waals surface area contributed by atoms with Gasteiger partial charge in [-0.25, -0.2) is 9.78 Å². The van der Waals surface area contributed by atoms with E-state index in [9.17, 15) is 14.7 Å². The van der Waals surface area contributed by atoms with Gasteiger partial charge in [-0.1, -0.05) is 48.5 Å². The molecule has 0 bridgehead atoms. The van der Waals surface area contributed by atoms with Gasteiger partial charge in [0.1, 0.15) is 23.3 Å². The van der Waals surface area contributed by atoms with E-state index < -0.39 is 12.0 Å². The number of rotatable bonds is 12. The van der Waals surface area contributed by atoms with E-state index in [1.165, 1.54) is 7.11 Å². The summed E-state index contributed by atoms with van der Waals surface area (Å²) in [5.41, 5.74) is 3.22. The van der Waals surface area contributed by atoms with Gasteiger partial charge < -0.3 is 24.3 Å². The lowest BCUT2D eigenvalue weighted by molar-refractivity contribution is -0.141. The Morgan fingerprint density at radius 2 is 1.71 bits per heavy atom. The van der Waals surface area contributed by atoms with Crippen LogP contribution in [0.15, 0.2) is 83.3 Å². The summed E-state index contributed by atoms with van der Waals surface area (Å²) in [6, 6.07) is 23.0. The van der Waals surface area contributed by atoms with E-state index in [1.807, 2.05) is 43.3 Å². The number of nitrogens with one attached hydrogen (secondary N) is 1. The third-order valence-electron chi connectivity index (χ3n) is 6.06. The van der Waals surface area contributed by atoms with E-state index in [4.69, 9.17) is 13.9 Å². The Labute approximate surface area is 221 Å². The van der Waals surface area contributed by atoms with Crippen molar-refractivity contribution in [3.63, 3.8) is 0 Å². The second-order valence-electron chi connectivity index (χ2n) is 8.78. The first-order valence-electron chi connectivity index (χ1n) is 12.3. The molecule has 1 aromatic heterocycles. The summed E-state index contributed by atoms with van der Waals surface area (Å²) in [5, 5.41) is 12.3. The highest BCUT2D eigenvalue weighted by Crippen LogP contribution is 2.22. The Balaban J connectivity index is 1.29. The van der Waals surface area contributed by atoms with Crippen molar-refractivity contribution in [3.05, 3.63) is 101 Å². The van der Waals surface area contributed by atoms with Gasteiger partial charge in [0.05, 0.1) is 25.8 Å². The summed E-state index contributed by atoms with van der Waals surface area (Å²) in [5.74, 6) is 1.10. The molecule has 1 amide bonds. The number of aryl methyl sites for hydroxylation is 1. The zero-order valence-corrected chi connectivity index (χ0v) is 21.3. The Kier molecular flexibility index (Phi) is 8.77. The normalized spacial score (nSPS) is 11.5. The van der Waals surface area contributed by atoms with Gasteiger partial charge in [-0.3, -0.25) is 4.79 Å². The molecular formula is C30H30N2O6. The molecule has 3 aromatic carbocycles. The predicted octanol–water partition coefficient (Wildman–Crippen LogP) is 4.63. The SMILES string of the molecule is COc1ccccc1CC(=O)N[C@@H](Cc1ccc(OCCc2nc(-c3ccccc3)oc2C)cc1)C(=O)O. The number of ether oxygens (including phenoxy) is 2. The molecule has 4 aromatic rings. The minimum atomic E-state index is -1.10. The third kappa shape index (κ3) is 7.00. The Bertz CT molecular complexity index is 1370. The third-order valence-corrected chi connectivity index (χ3v) is 6.06. The van der Waals surface area contributed by atoms with Crippen molar-refractivity contribution in [3.8, 4) is 23.0 Å². The molecule has 0 aliphatic heterocycles. The van der Waals surface area contributed by atoms with Gasteiger partial charge in [-0.15, -0.1) is 0 Å². The van der Waals surface area contributed by atoms with Gasteiger partial charge in [0, 0.05) is 24.0 Å². The molecule has 38 heavy (non-hydrogen) atoms. The van der Waals surface area contributed by atoms with E-state index in [-0.39, 0.29) is 18.7 Å². The van der Waals surface area contributed by atoms with E-state index in [0.29, 0.717) is 36.0 Å². The summed E-state index contributed by atoms with van der Waals surface area (Å²) in [7, 11) is 1.53. The van der Waals surface area contributed by atoms with Crippen LogP contribution in [0.5, 0.6) is 11.5 Å². The maximum absolute atomic E-state index is 12.5. The number of hydrogen-bond donors (Lipinski definition) is 2. The van der Waals surface area contributed by atoms with Crippen LogP contribution in [0.1, 0.15) is 22.6 Å². The van der Waals surface area contributed by atoms with Crippen molar-refractivity contribution in [2.75, 3.05) is 13.7 Å². The maximum atomic E-state index is 12.5. The molecule has 8 nitrogen and oxygen atoms in total. The van der Waals surface area contributed by atoms with Crippen LogP contribution in [0.4, 0.5) is 0 Å². The number of aliphatic carboxylic acids is 1. The molecule has 2 N–H and O–H groups in total. The average molecular weight is 515 g/mol. The first-order valence-corrected chi connectivity index (χ1v) is 12.3. The molecule has 0 unspecified atom stereocenters. The quantitative estimate of drug-likeness (QED) is 0.283. The number of nitrogens with zero attached hydrogens (tertiary/aromatic N) is 1. The second kappa shape index (κ2) is 12.6. The summed E-state index contributed by atoms with van der Waals surface area (Å²) in [6.45, 7) is 2.30. The molecule has 1 atom stereocenters. The summed E-state index contributed by atoms with van der Waals surface area (Å²) in [6.07, 6.45) is 0.759. The van der Waals surface area contributed by atoms with Gasteiger partial charge in [-0.2, -0.15) is 0 Å². The van der Waals surface area contributed by atoms with Crippen molar-refractivity contribution < 1.29 is 28.6 Å². The molecule has 0 fully saturated rings. The number of amides is 1. The molecule has 0 spiro atoms. The number of benzene rings is 3. The van der Waals surface area contributed by atoms with Crippen molar-refractivity contribution >= 4 is 11.9 Å². The van der Waals surface area contributed by atoms with Crippen molar-refractivity contribution in [2.24, 2.45) is 0 Å². The van der Waals surface area contributed by atoms with E-state index >= 15 is 0 Å². The minimum absolute atomic E-state index is 0.0262. The van der Waals surface area contributed by atoms with Crippen LogP contribution in [-0.4, -0.2) is 41.7 Å². The first-order chi connectivity index (χ1) is 18.4. The molecule has 0 aliphatic carbocycles. The average Bonchev–Trinajstić information content (AvgIpc) is 3.30. The molecule has 8 heteroatoms. The minimum Gasteiger partial charge on any atom is -0.496 e. The maximum Gasteiger partial charge on any atom is 0.326 e. The Morgan fingerprint density at radius 3 is 2.42 bits per heavy atom. The molecule has 0 saturated heterocycles. The zero-order chi connectivity index (χ0) is 26.9. The highest BCUT2D eigenvalue weighted by Gasteiger charge is 2.21. The molecule has 4 rings (SSSR count). The second-order valence-corrected chi connectivity index (χ2v) is 8.78. The lowest BCUT2D eigenvalue weighted by Crippen LogP contribution is -2.43. The number of carbonyl (C=O) groups excluding carboxylic acids is 1. The van der Waals surface area contributed by atoms with Crippen molar-refractivity contribution in [1.82, 2.24) is 10.3 Å². The first kappa shape index (κ1) is 26.5. The van der Waals surface area contributed by atoms with Crippen LogP contribution in [-0.2, 0) is 28.9 Å². The van der Waals surface area contributed by atoms with Crippen molar-refractivity contribution in [1.29, 1.82) is 0 Å². The lowest BCUT2D eigenvalue weighted by Gasteiger charge is -2.16. The number of hydrogen-bond acceptors (Lipinski definition) is 6. The topological polar surface area (TPSA) is 111 Å². The van der Waals surface area contributed by atoms with Gasteiger partial charge in [0.25, 0.3) is 0 Å². The molecule has 0 saturated carbocycles. The van der Waals surface area contributed by atoms with Gasteiger partial charge >= 0.3 is 5.97 Å². The van der Waals surface area contributed by atoms with Crippen LogP contribution in [0.2, 0.25) is 0 Å². The van der Waals surface area contributed by atoms with Crippen LogP contribution >= 0.6 is 0 Å². The summed E-state index contributed by atoms with van der Waals surface area (Å²) >= 11 is 0. The highest BCUT2D eigenvalue weighted by atomic mass is 16.5. The largest absolute Gasteiger partial charge is 0.496 e. The lowest BCUT2D eigenvalue weighted by atomic mass is 10.0. The molecule has 0 radical (unpaired) electrons. The fourth-order valence-corrected chi connectivity index (χ4v) is 4.05. The number of para-hydroxylation sites is 1. The monoisotopic (exact) mass is 514 g/mol. The van der Waals surface area contributed by atoms with Gasteiger partial charge in [0.2, 0.25) is 11.8 Å². The number of carboxylic acid groups (broad SMARTS) is 1. The molecular weight excluding hydrogens is 484 g/mol. The highest BCUT2D eigenvalue weighted by molar-refractivity contribution is 5.85. The summed E-state index contributed by atoms with van der Waals surface area (Å²) in [4.78, 5) is 28.9.